The van der Waals surface area contributed by atoms with Crippen LogP contribution in [0.15, 0.2) is 48.5 Å². The Labute approximate surface area is 161 Å². The van der Waals surface area contributed by atoms with Crippen molar-refractivity contribution in [3.63, 3.8) is 0 Å². The highest BCUT2D eigenvalue weighted by molar-refractivity contribution is 7.51. The van der Waals surface area contributed by atoms with E-state index >= 15 is 0 Å². The summed E-state index contributed by atoms with van der Waals surface area (Å²) in [5.41, 5.74) is 0.275. The van der Waals surface area contributed by atoms with Crippen molar-refractivity contribution in [2.75, 3.05) is 13.2 Å². The van der Waals surface area contributed by atoms with Crippen molar-refractivity contribution >= 4 is 36.8 Å². The highest BCUT2D eigenvalue weighted by Gasteiger charge is 2.29. The molecule has 0 N–H and O–H groups in total. The van der Waals surface area contributed by atoms with E-state index in [1.165, 1.54) is 31.2 Å². The minimum Gasteiger partial charge on any atom is -0.776 e. The smallest absolute Gasteiger partial charge is 0.345 e. The second kappa shape index (κ2) is 9.40. The fourth-order valence-corrected chi connectivity index (χ4v) is 3.81. The third-order valence-electron chi connectivity index (χ3n) is 3.16. The second-order valence-corrected chi connectivity index (χ2v) is 7.72. The molecule has 0 saturated heterocycles. The van der Waals surface area contributed by atoms with Crippen molar-refractivity contribution in [2.45, 2.75) is 12.8 Å². The summed E-state index contributed by atoms with van der Waals surface area (Å²) < 4.78 is 27.4. The lowest BCUT2D eigenvalue weighted by Gasteiger charge is -2.31. The van der Waals surface area contributed by atoms with Gasteiger partial charge >= 0.3 is 5.97 Å². The third-order valence-corrected chi connectivity index (χ3v) is 5.29. The predicted molar refractivity (Wildman–Crippen MR) is 96.5 cm³/mol. The maximum atomic E-state index is 12.3. The third kappa shape index (κ3) is 5.73. The SMILES string of the molecule is CCOP(=O)([O-])C(OC(=O)COc1ccc(Cl)cc1Cl)c1ccccc1. The van der Waals surface area contributed by atoms with Crippen molar-refractivity contribution in [3.8, 4) is 5.75 Å². The van der Waals surface area contributed by atoms with Crippen molar-refractivity contribution in [2.24, 2.45) is 0 Å². The molecule has 6 nitrogen and oxygen atoms in total. The van der Waals surface area contributed by atoms with Gasteiger partial charge in [0.05, 0.1) is 11.6 Å². The van der Waals surface area contributed by atoms with Gasteiger partial charge in [0, 0.05) is 10.6 Å². The highest BCUT2D eigenvalue weighted by Crippen LogP contribution is 2.53. The summed E-state index contributed by atoms with van der Waals surface area (Å²) in [5.74, 6) is -2.24. The Morgan fingerprint density at radius 2 is 1.88 bits per heavy atom. The van der Waals surface area contributed by atoms with Gasteiger partial charge in [0.1, 0.15) is 5.75 Å². The van der Waals surface area contributed by atoms with Gasteiger partial charge in [-0.15, -0.1) is 0 Å². The van der Waals surface area contributed by atoms with E-state index in [2.05, 4.69) is 0 Å². The van der Waals surface area contributed by atoms with Crippen molar-refractivity contribution < 1.29 is 28.3 Å². The van der Waals surface area contributed by atoms with Gasteiger partial charge in [-0.2, -0.15) is 0 Å². The molecule has 140 valence electrons. The van der Waals surface area contributed by atoms with Gasteiger partial charge in [-0.05, 0) is 25.1 Å². The van der Waals surface area contributed by atoms with E-state index in [4.69, 9.17) is 37.2 Å². The van der Waals surface area contributed by atoms with Gasteiger partial charge < -0.3 is 23.5 Å². The molecule has 2 rings (SSSR count). The monoisotopic (exact) mass is 417 g/mol. The number of rotatable bonds is 8. The number of carbonyl (C=O) groups excluding carboxylic acids is 1. The minimum atomic E-state index is -4.48. The second-order valence-electron chi connectivity index (χ2n) is 5.07. The molecule has 2 aromatic carbocycles. The van der Waals surface area contributed by atoms with Gasteiger partial charge in [-0.25, -0.2) is 4.79 Å². The molecule has 0 aromatic heterocycles. The fraction of sp³-hybridized carbons (Fsp3) is 0.235. The molecular weight excluding hydrogens is 402 g/mol. The van der Waals surface area contributed by atoms with Crippen LogP contribution < -0.4 is 9.63 Å². The van der Waals surface area contributed by atoms with Crippen LogP contribution in [-0.2, 0) is 18.6 Å². The van der Waals surface area contributed by atoms with Crippen LogP contribution in [0.3, 0.4) is 0 Å². The molecule has 0 bridgehead atoms. The Bertz CT molecular complexity index is 799. The van der Waals surface area contributed by atoms with Crippen LogP contribution in [0.5, 0.6) is 5.75 Å². The molecule has 2 atom stereocenters. The normalized spacial score (nSPS) is 14.3. The largest absolute Gasteiger partial charge is 0.776 e. The molecule has 0 heterocycles. The Morgan fingerprint density at radius 1 is 1.19 bits per heavy atom. The lowest BCUT2D eigenvalue weighted by molar-refractivity contribution is -0.211. The van der Waals surface area contributed by atoms with Crippen molar-refractivity contribution in [1.82, 2.24) is 0 Å². The molecule has 2 aromatic rings. The van der Waals surface area contributed by atoms with Crippen LogP contribution in [0.25, 0.3) is 0 Å². The van der Waals surface area contributed by atoms with Crippen LogP contribution in [0.1, 0.15) is 18.3 Å². The van der Waals surface area contributed by atoms with E-state index in [-0.39, 0.29) is 22.9 Å². The molecule has 2 unspecified atom stereocenters. The van der Waals surface area contributed by atoms with Crippen LogP contribution in [0, 0.1) is 0 Å². The molecule has 0 spiro atoms. The summed E-state index contributed by atoms with van der Waals surface area (Å²) >= 11 is 11.7. The fourth-order valence-electron chi connectivity index (χ4n) is 2.07. The highest BCUT2D eigenvalue weighted by atomic mass is 35.5. The molecule has 0 aliphatic carbocycles. The maximum Gasteiger partial charge on any atom is 0.345 e. The quantitative estimate of drug-likeness (QED) is 0.472. The van der Waals surface area contributed by atoms with E-state index < -0.39 is 26.0 Å². The number of ether oxygens (including phenoxy) is 2. The molecule has 0 aliphatic heterocycles. The zero-order chi connectivity index (χ0) is 19.2. The topological polar surface area (TPSA) is 84.9 Å². The van der Waals surface area contributed by atoms with E-state index in [0.717, 1.165) is 0 Å². The molecule has 0 radical (unpaired) electrons. The first kappa shape index (κ1) is 20.7. The maximum absolute atomic E-state index is 12.3. The molecule has 0 saturated carbocycles. The van der Waals surface area contributed by atoms with Crippen LogP contribution in [-0.4, -0.2) is 19.2 Å². The molecular formula is C17H16Cl2O6P-. The molecule has 0 amide bonds. The zero-order valence-corrected chi connectivity index (χ0v) is 16.2. The van der Waals surface area contributed by atoms with Crippen LogP contribution in [0.2, 0.25) is 10.0 Å². The van der Waals surface area contributed by atoms with Gasteiger partial charge in [-0.3, -0.25) is 0 Å². The Kier molecular flexibility index (Phi) is 7.50. The van der Waals surface area contributed by atoms with Crippen molar-refractivity contribution in [1.29, 1.82) is 0 Å². The predicted octanol–water partition coefficient (Wildman–Crippen LogP) is 4.20. The van der Waals surface area contributed by atoms with Crippen molar-refractivity contribution in [3.05, 3.63) is 64.1 Å². The van der Waals surface area contributed by atoms with E-state index in [0.29, 0.717) is 5.02 Å². The van der Waals surface area contributed by atoms with Gasteiger partial charge in [0.2, 0.25) is 0 Å². The lowest BCUT2D eigenvalue weighted by atomic mass is 10.2. The Hall–Kier alpha value is -1.56. The van der Waals surface area contributed by atoms with Crippen LogP contribution in [0.4, 0.5) is 0 Å². The number of halogens is 2. The van der Waals surface area contributed by atoms with Gasteiger partial charge in [-0.1, -0.05) is 53.5 Å². The number of hydrogen-bond donors (Lipinski definition) is 0. The average molecular weight is 418 g/mol. The number of carbonyl (C=O) groups is 1. The van der Waals surface area contributed by atoms with E-state index in [1.54, 1.807) is 24.3 Å². The summed E-state index contributed by atoms with van der Waals surface area (Å²) in [6.07, 6.45) is 0. The lowest BCUT2D eigenvalue weighted by Crippen LogP contribution is -2.22. The number of hydrogen-bond acceptors (Lipinski definition) is 6. The minimum absolute atomic E-state index is 0.0709. The molecule has 0 aliphatic rings. The summed E-state index contributed by atoms with van der Waals surface area (Å²) in [6, 6.07) is 12.5. The van der Waals surface area contributed by atoms with E-state index in [9.17, 15) is 14.3 Å². The first-order valence-corrected chi connectivity index (χ1v) is 9.98. The summed E-state index contributed by atoms with van der Waals surface area (Å²) in [5, 5.41) is 0.631. The Morgan fingerprint density at radius 3 is 2.50 bits per heavy atom. The molecule has 0 fully saturated rings. The number of esters is 1. The number of benzene rings is 2. The Balaban J connectivity index is 2.10. The summed E-state index contributed by atoms with van der Waals surface area (Å²) in [7, 11) is -4.48. The molecule has 9 heteroatoms. The first-order chi connectivity index (χ1) is 12.3. The van der Waals surface area contributed by atoms with Crippen LogP contribution >= 0.6 is 30.8 Å². The van der Waals surface area contributed by atoms with Gasteiger partial charge in [0.15, 0.2) is 20.0 Å². The standard InChI is InChI=1S/C17H17Cl2O6P/c1-2-24-26(21,22)17(12-6-4-3-5-7-12)25-16(20)11-23-15-9-8-13(18)10-14(15)19/h3-10,17H,2,11H2,1H3,(H,21,22)/p-1. The molecule has 26 heavy (non-hydrogen) atoms. The average Bonchev–Trinajstić information content (AvgIpc) is 2.59. The zero-order valence-electron chi connectivity index (χ0n) is 13.8. The summed E-state index contributed by atoms with van der Waals surface area (Å²) in [6.45, 7) is 0.926. The van der Waals surface area contributed by atoms with Gasteiger partial charge in [0.25, 0.3) is 0 Å². The van der Waals surface area contributed by atoms with E-state index in [1.807, 2.05) is 0 Å². The summed E-state index contributed by atoms with van der Waals surface area (Å²) in [4.78, 5) is 24.4. The first-order valence-electron chi connectivity index (χ1n) is 7.61.